The minimum Gasteiger partial charge on any atom is -0.394 e. The lowest BCUT2D eigenvalue weighted by Crippen LogP contribution is -2.34. The van der Waals surface area contributed by atoms with Crippen LogP contribution in [0.1, 0.15) is 36.6 Å². The highest BCUT2D eigenvalue weighted by atomic mass is 16.3. The van der Waals surface area contributed by atoms with Gasteiger partial charge in [0.2, 0.25) is 0 Å². The van der Waals surface area contributed by atoms with Gasteiger partial charge in [0.15, 0.2) is 0 Å². The number of carbonyl (C=O) groups is 1. The first-order valence-electron chi connectivity index (χ1n) is 8.03. The Labute approximate surface area is 137 Å². The molecule has 0 radical (unpaired) electrons. The second-order valence-electron chi connectivity index (χ2n) is 5.40. The van der Waals surface area contributed by atoms with E-state index in [0.717, 1.165) is 35.2 Å². The molecule has 0 saturated heterocycles. The Morgan fingerprint density at radius 2 is 1.61 bits per heavy atom. The number of urea groups is 1. The quantitative estimate of drug-likeness (QED) is 0.762. The molecule has 23 heavy (non-hydrogen) atoms. The van der Waals surface area contributed by atoms with E-state index in [-0.39, 0.29) is 12.6 Å². The van der Waals surface area contributed by atoms with Crippen molar-refractivity contribution in [1.82, 2.24) is 5.32 Å². The van der Waals surface area contributed by atoms with Crippen LogP contribution in [-0.4, -0.2) is 17.7 Å². The Hall–Kier alpha value is -2.33. The van der Waals surface area contributed by atoms with Crippen LogP contribution in [0.2, 0.25) is 0 Å². The summed E-state index contributed by atoms with van der Waals surface area (Å²) >= 11 is 0. The van der Waals surface area contributed by atoms with E-state index in [1.165, 1.54) is 0 Å². The van der Waals surface area contributed by atoms with Crippen molar-refractivity contribution in [1.29, 1.82) is 0 Å². The van der Waals surface area contributed by atoms with Gasteiger partial charge in [-0.1, -0.05) is 62.4 Å². The summed E-state index contributed by atoms with van der Waals surface area (Å²) in [5.74, 6) is 0. The fourth-order valence-corrected chi connectivity index (χ4v) is 2.63. The lowest BCUT2D eigenvalue weighted by molar-refractivity contribution is 0.225. The van der Waals surface area contributed by atoms with Gasteiger partial charge in [0, 0.05) is 5.69 Å². The molecule has 0 spiro atoms. The molecule has 0 fully saturated rings. The summed E-state index contributed by atoms with van der Waals surface area (Å²) in [5, 5.41) is 15.3. The fourth-order valence-electron chi connectivity index (χ4n) is 2.63. The largest absolute Gasteiger partial charge is 0.394 e. The first-order valence-corrected chi connectivity index (χ1v) is 8.03. The number of aryl methyl sites for hydroxylation is 2. The monoisotopic (exact) mass is 312 g/mol. The number of anilines is 1. The first-order chi connectivity index (χ1) is 11.2. The smallest absolute Gasteiger partial charge is 0.319 e. The van der Waals surface area contributed by atoms with Crippen molar-refractivity contribution in [3.8, 4) is 0 Å². The maximum absolute atomic E-state index is 12.4. The van der Waals surface area contributed by atoms with Crippen molar-refractivity contribution in [2.24, 2.45) is 0 Å². The molecule has 122 valence electrons. The Balaban J connectivity index is 2.13. The molecule has 4 nitrogen and oxygen atoms in total. The molecule has 4 heteroatoms. The number of carbonyl (C=O) groups excluding carboxylic acids is 1. The van der Waals surface area contributed by atoms with Gasteiger partial charge < -0.3 is 15.7 Å². The standard InChI is InChI=1S/C19H24N2O2/c1-3-14-11-8-12-15(4-2)18(14)21-19(23)20-17(13-22)16-9-6-5-7-10-16/h5-12,17,22H,3-4,13H2,1-2H3,(H2,20,21,23). The predicted octanol–water partition coefficient (Wildman–Crippen LogP) is 3.67. The van der Waals surface area contributed by atoms with E-state index in [0.29, 0.717) is 0 Å². The van der Waals surface area contributed by atoms with E-state index in [2.05, 4.69) is 24.5 Å². The molecule has 2 aromatic rings. The molecule has 2 amide bonds. The number of benzene rings is 2. The van der Waals surface area contributed by atoms with Gasteiger partial charge in [-0.05, 0) is 29.5 Å². The van der Waals surface area contributed by atoms with Gasteiger partial charge in [0.1, 0.15) is 0 Å². The molecular weight excluding hydrogens is 288 g/mol. The number of hydrogen-bond donors (Lipinski definition) is 3. The molecule has 0 aliphatic rings. The van der Waals surface area contributed by atoms with E-state index in [9.17, 15) is 9.90 Å². The van der Waals surface area contributed by atoms with Crippen LogP contribution in [0.15, 0.2) is 48.5 Å². The SMILES string of the molecule is CCc1cccc(CC)c1NC(=O)NC(CO)c1ccccc1. The summed E-state index contributed by atoms with van der Waals surface area (Å²) < 4.78 is 0. The highest BCUT2D eigenvalue weighted by Gasteiger charge is 2.15. The summed E-state index contributed by atoms with van der Waals surface area (Å²) in [4.78, 5) is 12.4. The van der Waals surface area contributed by atoms with E-state index in [1.807, 2.05) is 48.5 Å². The van der Waals surface area contributed by atoms with Crippen LogP contribution in [-0.2, 0) is 12.8 Å². The maximum Gasteiger partial charge on any atom is 0.319 e. The van der Waals surface area contributed by atoms with Crippen molar-refractivity contribution in [3.05, 3.63) is 65.2 Å². The summed E-state index contributed by atoms with van der Waals surface area (Å²) in [7, 11) is 0. The molecule has 0 aliphatic heterocycles. The second kappa shape index (κ2) is 8.34. The molecule has 3 N–H and O–H groups in total. The number of rotatable bonds is 6. The highest BCUT2D eigenvalue weighted by molar-refractivity contribution is 5.91. The van der Waals surface area contributed by atoms with Crippen LogP contribution < -0.4 is 10.6 Å². The van der Waals surface area contributed by atoms with Crippen molar-refractivity contribution < 1.29 is 9.90 Å². The van der Waals surface area contributed by atoms with Gasteiger partial charge in [0.05, 0.1) is 12.6 Å². The highest BCUT2D eigenvalue weighted by Crippen LogP contribution is 2.22. The van der Waals surface area contributed by atoms with E-state index in [4.69, 9.17) is 0 Å². The maximum atomic E-state index is 12.4. The Morgan fingerprint density at radius 3 is 2.13 bits per heavy atom. The zero-order chi connectivity index (χ0) is 16.7. The van der Waals surface area contributed by atoms with Gasteiger partial charge in [-0.2, -0.15) is 0 Å². The Bertz CT molecular complexity index is 619. The van der Waals surface area contributed by atoms with Crippen LogP contribution in [0.4, 0.5) is 10.5 Å². The van der Waals surface area contributed by atoms with E-state index >= 15 is 0 Å². The third kappa shape index (κ3) is 4.33. The van der Waals surface area contributed by atoms with Crippen LogP contribution in [0, 0.1) is 0 Å². The third-order valence-electron chi connectivity index (χ3n) is 3.93. The molecule has 0 saturated carbocycles. The topological polar surface area (TPSA) is 61.4 Å². The molecule has 1 atom stereocenters. The molecule has 0 aromatic heterocycles. The third-order valence-corrected chi connectivity index (χ3v) is 3.93. The zero-order valence-electron chi connectivity index (χ0n) is 13.7. The fraction of sp³-hybridized carbons (Fsp3) is 0.316. The van der Waals surface area contributed by atoms with Crippen LogP contribution in [0.3, 0.4) is 0 Å². The first kappa shape index (κ1) is 17.0. The summed E-state index contributed by atoms with van der Waals surface area (Å²) in [5.41, 5.74) is 3.98. The van der Waals surface area contributed by atoms with Crippen LogP contribution >= 0.6 is 0 Å². The predicted molar refractivity (Wildman–Crippen MR) is 93.6 cm³/mol. The minimum atomic E-state index is -0.421. The second-order valence-corrected chi connectivity index (χ2v) is 5.40. The van der Waals surface area contributed by atoms with Crippen LogP contribution in [0.5, 0.6) is 0 Å². The number of nitrogens with one attached hydrogen (secondary N) is 2. The number of hydrogen-bond acceptors (Lipinski definition) is 2. The summed E-state index contributed by atoms with van der Waals surface area (Å²) in [6, 6.07) is 14.8. The lowest BCUT2D eigenvalue weighted by atomic mass is 10.0. The number of aliphatic hydroxyl groups excluding tert-OH is 1. The van der Waals surface area contributed by atoms with Gasteiger partial charge in [-0.15, -0.1) is 0 Å². The molecular formula is C19H24N2O2. The normalized spacial score (nSPS) is 11.8. The van der Waals surface area contributed by atoms with Gasteiger partial charge in [0.25, 0.3) is 0 Å². The van der Waals surface area contributed by atoms with Crippen molar-refractivity contribution in [3.63, 3.8) is 0 Å². The van der Waals surface area contributed by atoms with E-state index in [1.54, 1.807) is 0 Å². The van der Waals surface area contributed by atoms with Crippen molar-refractivity contribution >= 4 is 11.7 Å². The minimum absolute atomic E-state index is 0.145. The summed E-state index contributed by atoms with van der Waals surface area (Å²) in [6.07, 6.45) is 1.71. The average Bonchev–Trinajstić information content (AvgIpc) is 2.60. The molecule has 2 aromatic carbocycles. The number of para-hydroxylation sites is 1. The lowest BCUT2D eigenvalue weighted by Gasteiger charge is -2.19. The van der Waals surface area contributed by atoms with Crippen molar-refractivity contribution in [2.75, 3.05) is 11.9 Å². The molecule has 1 unspecified atom stereocenters. The van der Waals surface area contributed by atoms with E-state index < -0.39 is 6.04 Å². The molecule has 0 aliphatic carbocycles. The Kier molecular flexibility index (Phi) is 6.18. The zero-order valence-corrected chi connectivity index (χ0v) is 13.7. The molecule has 0 heterocycles. The molecule has 2 rings (SSSR count). The van der Waals surface area contributed by atoms with Crippen LogP contribution in [0.25, 0.3) is 0 Å². The van der Waals surface area contributed by atoms with Gasteiger partial charge in [-0.25, -0.2) is 4.79 Å². The molecule has 0 bridgehead atoms. The summed E-state index contributed by atoms with van der Waals surface area (Å²) in [6.45, 7) is 3.99. The average molecular weight is 312 g/mol. The number of amides is 2. The van der Waals surface area contributed by atoms with Gasteiger partial charge >= 0.3 is 6.03 Å². The van der Waals surface area contributed by atoms with Gasteiger partial charge in [-0.3, -0.25) is 0 Å². The number of aliphatic hydroxyl groups is 1. The van der Waals surface area contributed by atoms with Crippen molar-refractivity contribution in [2.45, 2.75) is 32.7 Å². The Morgan fingerprint density at radius 1 is 1.00 bits per heavy atom.